The molecule has 0 unspecified atom stereocenters. The normalized spacial score (nSPS) is 10.4. The fourth-order valence-electron chi connectivity index (χ4n) is 1.80. The van der Waals surface area contributed by atoms with Gasteiger partial charge in [-0.2, -0.15) is 10.2 Å². The van der Waals surface area contributed by atoms with Gasteiger partial charge in [-0.05, 0) is 19.4 Å². The van der Waals surface area contributed by atoms with Crippen LogP contribution in [0.2, 0.25) is 0 Å². The first-order chi connectivity index (χ1) is 9.20. The van der Waals surface area contributed by atoms with Crippen LogP contribution in [0, 0.1) is 6.92 Å². The molecule has 2 rings (SSSR count). The Kier molecular flexibility index (Phi) is 4.22. The molecule has 0 bridgehead atoms. The number of nitrogens with zero attached hydrogens (tertiary/aromatic N) is 3. The molecule has 6 heteroatoms. The van der Waals surface area contributed by atoms with E-state index in [1.54, 1.807) is 18.5 Å². The Morgan fingerprint density at radius 3 is 2.95 bits per heavy atom. The fourth-order valence-corrected chi connectivity index (χ4v) is 1.80. The van der Waals surface area contributed by atoms with E-state index < -0.39 is 0 Å². The van der Waals surface area contributed by atoms with E-state index in [0.717, 1.165) is 17.2 Å². The van der Waals surface area contributed by atoms with E-state index in [9.17, 15) is 4.79 Å². The topological polar surface area (TPSA) is 83.6 Å². The van der Waals surface area contributed by atoms with Gasteiger partial charge in [0.2, 0.25) is 0 Å². The van der Waals surface area contributed by atoms with Gasteiger partial charge >= 0.3 is 0 Å². The van der Waals surface area contributed by atoms with Crippen LogP contribution in [0.5, 0.6) is 0 Å². The summed E-state index contributed by atoms with van der Waals surface area (Å²) < 4.78 is 0. The molecule has 6 nitrogen and oxygen atoms in total. The summed E-state index contributed by atoms with van der Waals surface area (Å²) in [6.07, 6.45) is 4.83. The number of imidazole rings is 1. The highest BCUT2D eigenvalue weighted by molar-refractivity contribution is 5.95. The van der Waals surface area contributed by atoms with Gasteiger partial charge in [-0.25, -0.2) is 4.98 Å². The molecule has 0 radical (unpaired) electrons. The van der Waals surface area contributed by atoms with Gasteiger partial charge in [-0.1, -0.05) is 6.92 Å². The molecule has 0 aliphatic rings. The summed E-state index contributed by atoms with van der Waals surface area (Å²) in [5.74, 6) is 0.751. The molecule has 0 spiro atoms. The second-order valence-electron chi connectivity index (χ2n) is 4.24. The van der Waals surface area contributed by atoms with Crippen molar-refractivity contribution in [2.75, 3.05) is 6.54 Å². The number of hydrogen-bond acceptors (Lipinski definition) is 4. The summed E-state index contributed by atoms with van der Waals surface area (Å²) in [5, 5.41) is 10.9. The van der Waals surface area contributed by atoms with Crippen molar-refractivity contribution in [1.29, 1.82) is 0 Å². The Morgan fingerprint density at radius 1 is 1.42 bits per heavy atom. The van der Waals surface area contributed by atoms with Crippen molar-refractivity contribution in [3.63, 3.8) is 0 Å². The molecule has 0 aliphatic heterocycles. The number of carbonyl (C=O) groups is 1. The first-order valence-corrected chi connectivity index (χ1v) is 6.30. The highest BCUT2D eigenvalue weighted by atomic mass is 16.1. The van der Waals surface area contributed by atoms with Crippen LogP contribution in [-0.2, 0) is 12.8 Å². The molecule has 2 N–H and O–H groups in total. The molecule has 19 heavy (non-hydrogen) atoms. The van der Waals surface area contributed by atoms with Crippen molar-refractivity contribution in [2.24, 2.45) is 0 Å². The van der Waals surface area contributed by atoms with Crippen LogP contribution >= 0.6 is 0 Å². The zero-order valence-electron chi connectivity index (χ0n) is 11.1. The average Bonchev–Trinajstić information content (AvgIpc) is 2.91. The van der Waals surface area contributed by atoms with Gasteiger partial charge in [0, 0.05) is 25.4 Å². The summed E-state index contributed by atoms with van der Waals surface area (Å²) in [4.78, 5) is 19.2. The highest BCUT2D eigenvalue weighted by Gasteiger charge is 2.12. The molecule has 2 aromatic heterocycles. The SMILES string of the molecule is CCc1nnc(C)cc1C(=O)NCCc1ncc[nH]1. The van der Waals surface area contributed by atoms with Crippen LogP contribution in [0.4, 0.5) is 0 Å². The molecule has 0 aromatic carbocycles. The predicted molar refractivity (Wildman–Crippen MR) is 70.8 cm³/mol. The minimum absolute atomic E-state index is 0.110. The predicted octanol–water partition coefficient (Wildman–Crippen LogP) is 1.04. The lowest BCUT2D eigenvalue weighted by Gasteiger charge is -2.07. The number of rotatable bonds is 5. The smallest absolute Gasteiger partial charge is 0.253 e. The third kappa shape index (κ3) is 3.37. The first-order valence-electron chi connectivity index (χ1n) is 6.30. The minimum atomic E-state index is -0.110. The average molecular weight is 259 g/mol. The van der Waals surface area contributed by atoms with Gasteiger partial charge in [0.05, 0.1) is 17.0 Å². The van der Waals surface area contributed by atoms with E-state index in [1.165, 1.54) is 0 Å². The minimum Gasteiger partial charge on any atom is -0.352 e. The molecule has 0 saturated heterocycles. The quantitative estimate of drug-likeness (QED) is 0.840. The molecule has 2 heterocycles. The summed E-state index contributed by atoms with van der Waals surface area (Å²) in [7, 11) is 0. The second-order valence-corrected chi connectivity index (χ2v) is 4.24. The van der Waals surface area contributed by atoms with Gasteiger partial charge in [-0.15, -0.1) is 0 Å². The maximum atomic E-state index is 12.1. The van der Waals surface area contributed by atoms with Crippen LogP contribution in [0.3, 0.4) is 0 Å². The number of carbonyl (C=O) groups excluding carboxylic acids is 1. The number of H-pyrrole nitrogens is 1. The summed E-state index contributed by atoms with van der Waals surface area (Å²) in [6, 6.07) is 1.77. The maximum absolute atomic E-state index is 12.1. The monoisotopic (exact) mass is 259 g/mol. The molecule has 0 aliphatic carbocycles. The van der Waals surface area contributed by atoms with Crippen LogP contribution in [0.15, 0.2) is 18.5 Å². The lowest BCUT2D eigenvalue weighted by atomic mass is 10.1. The van der Waals surface area contributed by atoms with Crippen molar-refractivity contribution < 1.29 is 4.79 Å². The fraction of sp³-hybridized carbons (Fsp3) is 0.385. The lowest BCUT2D eigenvalue weighted by molar-refractivity contribution is 0.0952. The third-order valence-electron chi connectivity index (χ3n) is 2.77. The van der Waals surface area contributed by atoms with Crippen molar-refractivity contribution in [3.8, 4) is 0 Å². The van der Waals surface area contributed by atoms with Crippen LogP contribution in [0.1, 0.15) is 34.5 Å². The van der Waals surface area contributed by atoms with Gasteiger partial charge in [0.1, 0.15) is 5.82 Å². The second kappa shape index (κ2) is 6.08. The Hall–Kier alpha value is -2.24. The standard InChI is InChI=1S/C13H17N5O/c1-3-11-10(8-9(2)17-18-11)13(19)16-5-4-12-14-6-7-15-12/h6-8H,3-5H2,1-2H3,(H,14,15)(H,16,19). The number of amides is 1. The molecule has 100 valence electrons. The lowest BCUT2D eigenvalue weighted by Crippen LogP contribution is -2.27. The van der Waals surface area contributed by atoms with Gasteiger partial charge < -0.3 is 10.3 Å². The maximum Gasteiger partial charge on any atom is 0.253 e. The van der Waals surface area contributed by atoms with Gasteiger partial charge in [0.15, 0.2) is 0 Å². The Labute approximate surface area is 111 Å². The van der Waals surface area contributed by atoms with Gasteiger partial charge in [0.25, 0.3) is 5.91 Å². The zero-order valence-corrected chi connectivity index (χ0v) is 11.1. The zero-order chi connectivity index (χ0) is 13.7. The van der Waals surface area contributed by atoms with Crippen molar-refractivity contribution in [2.45, 2.75) is 26.7 Å². The summed E-state index contributed by atoms with van der Waals surface area (Å²) >= 11 is 0. The van der Waals surface area contributed by atoms with Crippen LogP contribution in [0.25, 0.3) is 0 Å². The van der Waals surface area contributed by atoms with E-state index in [1.807, 2.05) is 13.8 Å². The van der Waals surface area contributed by atoms with E-state index in [-0.39, 0.29) is 5.91 Å². The number of nitrogens with one attached hydrogen (secondary N) is 2. The van der Waals surface area contributed by atoms with Crippen molar-refractivity contribution in [1.82, 2.24) is 25.5 Å². The largest absolute Gasteiger partial charge is 0.352 e. The van der Waals surface area contributed by atoms with Crippen LogP contribution < -0.4 is 5.32 Å². The highest BCUT2D eigenvalue weighted by Crippen LogP contribution is 2.07. The van der Waals surface area contributed by atoms with E-state index >= 15 is 0 Å². The van der Waals surface area contributed by atoms with Gasteiger partial charge in [-0.3, -0.25) is 4.79 Å². The molecule has 2 aromatic rings. The Morgan fingerprint density at radius 2 is 2.26 bits per heavy atom. The molecular weight excluding hydrogens is 242 g/mol. The van der Waals surface area contributed by atoms with Crippen molar-refractivity contribution in [3.05, 3.63) is 41.2 Å². The van der Waals surface area contributed by atoms with Crippen LogP contribution in [-0.4, -0.2) is 32.6 Å². The molecule has 0 atom stereocenters. The number of aryl methyl sites for hydroxylation is 2. The van der Waals surface area contributed by atoms with E-state index in [4.69, 9.17) is 0 Å². The Balaban J connectivity index is 1.97. The number of aromatic amines is 1. The third-order valence-corrected chi connectivity index (χ3v) is 2.77. The molecule has 0 saturated carbocycles. The number of aromatic nitrogens is 4. The molecule has 0 fully saturated rings. The molecular formula is C13H17N5O. The Bertz CT molecular complexity index is 550. The molecule has 1 amide bonds. The summed E-state index contributed by atoms with van der Waals surface area (Å²) in [6.45, 7) is 4.32. The van der Waals surface area contributed by atoms with Crippen molar-refractivity contribution >= 4 is 5.91 Å². The first kappa shape index (κ1) is 13.2. The van der Waals surface area contributed by atoms with E-state index in [0.29, 0.717) is 24.9 Å². The number of hydrogen-bond donors (Lipinski definition) is 2. The van der Waals surface area contributed by atoms with E-state index in [2.05, 4.69) is 25.5 Å². The summed E-state index contributed by atoms with van der Waals surface area (Å²) in [5.41, 5.74) is 2.07.